The summed E-state index contributed by atoms with van der Waals surface area (Å²) in [6, 6.07) is 2.00. The lowest BCUT2D eigenvalue weighted by atomic mass is 10.3. The highest BCUT2D eigenvalue weighted by atomic mass is 32.1. The van der Waals surface area contributed by atoms with Crippen LogP contribution in [0.2, 0.25) is 0 Å². The van der Waals surface area contributed by atoms with E-state index in [2.05, 4.69) is 20.5 Å². The predicted octanol–water partition coefficient (Wildman–Crippen LogP) is 3.59. The number of thiophene rings is 1. The number of nitrogens with one attached hydrogen (secondary N) is 1. The van der Waals surface area contributed by atoms with Gasteiger partial charge < -0.3 is 0 Å². The monoisotopic (exact) mass is 322 g/mol. The summed E-state index contributed by atoms with van der Waals surface area (Å²) >= 11 is 4.36. The van der Waals surface area contributed by atoms with Crippen LogP contribution in [0.4, 0.5) is 5.13 Å². The Morgan fingerprint density at radius 3 is 2.75 bits per heavy atom. The van der Waals surface area contributed by atoms with Crippen LogP contribution < -0.4 is 5.32 Å². The van der Waals surface area contributed by atoms with E-state index in [0.717, 1.165) is 21.3 Å². The van der Waals surface area contributed by atoms with Crippen molar-refractivity contribution in [2.75, 3.05) is 5.32 Å². The minimum Gasteiger partial charge on any atom is -0.296 e. The first-order valence-corrected chi connectivity index (χ1v) is 8.32. The molecule has 0 saturated heterocycles. The first-order valence-electron chi connectivity index (χ1n) is 5.75. The van der Waals surface area contributed by atoms with Gasteiger partial charge in [0.05, 0.1) is 5.69 Å². The van der Waals surface area contributed by atoms with Gasteiger partial charge in [-0.15, -0.1) is 21.5 Å². The van der Waals surface area contributed by atoms with Crippen LogP contribution in [-0.4, -0.2) is 21.1 Å². The molecule has 3 heterocycles. The summed E-state index contributed by atoms with van der Waals surface area (Å²) in [6.07, 6.45) is 0. The lowest BCUT2D eigenvalue weighted by Crippen LogP contribution is -2.11. The third-order valence-electron chi connectivity index (χ3n) is 2.52. The second-order valence-electron chi connectivity index (χ2n) is 4.03. The Labute approximate surface area is 127 Å². The highest BCUT2D eigenvalue weighted by Gasteiger charge is 2.17. The smallest absolute Gasteiger partial charge is 0.269 e. The van der Waals surface area contributed by atoms with Crippen molar-refractivity contribution in [2.45, 2.75) is 13.8 Å². The molecule has 0 aliphatic carbocycles. The van der Waals surface area contributed by atoms with Crippen molar-refractivity contribution in [1.29, 1.82) is 0 Å². The fourth-order valence-electron chi connectivity index (χ4n) is 1.62. The molecule has 3 rings (SSSR count). The number of thiazole rings is 1. The van der Waals surface area contributed by atoms with E-state index >= 15 is 0 Å². The van der Waals surface area contributed by atoms with E-state index in [4.69, 9.17) is 0 Å². The Morgan fingerprint density at radius 2 is 2.10 bits per heavy atom. The van der Waals surface area contributed by atoms with E-state index in [1.54, 1.807) is 11.3 Å². The van der Waals surface area contributed by atoms with E-state index in [-0.39, 0.29) is 5.91 Å². The zero-order chi connectivity index (χ0) is 14.1. The molecule has 1 N–H and O–H groups in total. The van der Waals surface area contributed by atoms with E-state index in [0.29, 0.717) is 10.0 Å². The van der Waals surface area contributed by atoms with Crippen LogP contribution in [0.5, 0.6) is 0 Å². The minimum absolute atomic E-state index is 0.183. The fraction of sp³-hybridized carbons (Fsp3) is 0.167. The number of aryl methyl sites for hydroxylation is 2. The van der Waals surface area contributed by atoms with Gasteiger partial charge in [-0.3, -0.25) is 10.1 Å². The summed E-state index contributed by atoms with van der Waals surface area (Å²) in [7, 11) is 0. The Bertz CT molecular complexity index is 745. The van der Waals surface area contributed by atoms with Crippen LogP contribution in [0, 0.1) is 13.8 Å². The van der Waals surface area contributed by atoms with Gasteiger partial charge in [0.25, 0.3) is 5.91 Å². The Morgan fingerprint density at radius 1 is 1.25 bits per heavy atom. The lowest BCUT2D eigenvalue weighted by molar-refractivity contribution is 0.102. The molecular formula is C12H10N4OS3. The topological polar surface area (TPSA) is 67.8 Å². The molecule has 0 aliphatic rings. The Balaban J connectivity index is 1.85. The second kappa shape index (κ2) is 5.39. The number of hydrogen-bond acceptors (Lipinski definition) is 7. The summed E-state index contributed by atoms with van der Waals surface area (Å²) in [5.74, 6) is -0.183. The number of anilines is 1. The predicted molar refractivity (Wildman–Crippen MR) is 82.8 cm³/mol. The lowest BCUT2D eigenvalue weighted by Gasteiger charge is -1.97. The normalized spacial score (nSPS) is 10.7. The number of aromatic nitrogens is 3. The van der Waals surface area contributed by atoms with Crippen molar-refractivity contribution in [1.82, 2.24) is 15.2 Å². The molecule has 0 saturated carbocycles. The average molecular weight is 322 g/mol. The molecule has 0 fully saturated rings. The van der Waals surface area contributed by atoms with Crippen molar-refractivity contribution in [3.63, 3.8) is 0 Å². The summed E-state index contributed by atoms with van der Waals surface area (Å²) in [5, 5.41) is 16.7. The molecule has 0 unspecified atom stereocenters. The molecule has 5 nitrogen and oxygen atoms in total. The minimum atomic E-state index is -0.183. The van der Waals surface area contributed by atoms with Crippen LogP contribution in [0.1, 0.15) is 20.4 Å². The summed E-state index contributed by atoms with van der Waals surface area (Å²) in [4.78, 5) is 17.3. The van der Waals surface area contributed by atoms with Crippen LogP contribution in [0.3, 0.4) is 0 Å². The molecule has 0 aliphatic heterocycles. The molecule has 0 radical (unpaired) electrons. The van der Waals surface area contributed by atoms with Crippen molar-refractivity contribution >= 4 is 45.0 Å². The van der Waals surface area contributed by atoms with E-state index in [1.807, 2.05) is 30.7 Å². The van der Waals surface area contributed by atoms with Gasteiger partial charge in [-0.25, -0.2) is 4.98 Å². The standard InChI is InChI=1S/C12H10N4OS3/c1-6-9(10(17)14-12-16-15-7(2)19-12)20-11(13-6)8-3-4-18-5-8/h3-5H,1-2H3,(H,14,16,17). The van der Waals surface area contributed by atoms with E-state index < -0.39 is 0 Å². The van der Waals surface area contributed by atoms with Gasteiger partial charge in [-0.2, -0.15) is 11.3 Å². The third kappa shape index (κ3) is 2.62. The number of rotatable bonds is 3. The SMILES string of the molecule is Cc1nnc(NC(=O)c2sc(-c3ccsc3)nc2C)s1. The summed E-state index contributed by atoms with van der Waals surface area (Å²) in [5.41, 5.74) is 1.78. The fourth-order valence-corrected chi connectivity index (χ4v) is 3.88. The molecule has 3 aromatic rings. The zero-order valence-electron chi connectivity index (χ0n) is 10.7. The number of amides is 1. The number of hydrogen-bond donors (Lipinski definition) is 1. The zero-order valence-corrected chi connectivity index (χ0v) is 13.2. The average Bonchev–Trinajstić information content (AvgIpc) is 3.09. The highest BCUT2D eigenvalue weighted by molar-refractivity contribution is 7.18. The number of carbonyl (C=O) groups excluding carboxylic acids is 1. The van der Waals surface area contributed by atoms with Crippen molar-refractivity contribution < 1.29 is 4.79 Å². The Hall–Kier alpha value is -1.64. The number of carbonyl (C=O) groups is 1. The molecular weight excluding hydrogens is 312 g/mol. The second-order valence-corrected chi connectivity index (χ2v) is 6.99. The number of nitrogens with zero attached hydrogens (tertiary/aromatic N) is 3. The van der Waals surface area contributed by atoms with Gasteiger partial charge >= 0.3 is 0 Å². The van der Waals surface area contributed by atoms with Gasteiger partial charge in [0.2, 0.25) is 5.13 Å². The first kappa shape index (κ1) is 13.3. The van der Waals surface area contributed by atoms with Crippen LogP contribution in [0.25, 0.3) is 10.6 Å². The summed E-state index contributed by atoms with van der Waals surface area (Å²) < 4.78 is 0. The summed E-state index contributed by atoms with van der Waals surface area (Å²) in [6.45, 7) is 3.69. The molecule has 0 aromatic carbocycles. The first-order chi connectivity index (χ1) is 9.63. The molecule has 3 aromatic heterocycles. The molecule has 1 amide bonds. The molecule has 0 spiro atoms. The maximum absolute atomic E-state index is 12.2. The molecule has 102 valence electrons. The van der Waals surface area contributed by atoms with Crippen LogP contribution >= 0.6 is 34.0 Å². The van der Waals surface area contributed by atoms with Gasteiger partial charge in [-0.1, -0.05) is 11.3 Å². The van der Waals surface area contributed by atoms with Crippen molar-refractivity contribution in [2.24, 2.45) is 0 Å². The quantitative estimate of drug-likeness (QED) is 0.800. The molecule has 0 bridgehead atoms. The largest absolute Gasteiger partial charge is 0.296 e. The van der Waals surface area contributed by atoms with Gasteiger partial charge in [0.1, 0.15) is 14.9 Å². The Kier molecular flexibility index (Phi) is 3.60. The van der Waals surface area contributed by atoms with Crippen molar-refractivity contribution in [3.8, 4) is 10.6 Å². The third-order valence-corrected chi connectivity index (χ3v) is 5.16. The van der Waals surface area contributed by atoms with Gasteiger partial charge in [0.15, 0.2) is 0 Å². The van der Waals surface area contributed by atoms with Crippen molar-refractivity contribution in [3.05, 3.63) is 32.4 Å². The molecule has 20 heavy (non-hydrogen) atoms. The van der Waals surface area contributed by atoms with E-state index in [1.165, 1.54) is 22.7 Å². The van der Waals surface area contributed by atoms with E-state index in [9.17, 15) is 4.79 Å². The molecule has 8 heteroatoms. The van der Waals surface area contributed by atoms with Crippen LogP contribution in [-0.2, 0) is 0 Å². The maximum atomic E-state index is 12.2. The molecule has 0 atom stereocenters. The maximum Gasteiger partial charge on any atom is 0.269 e. The highest BCUT2D eigenvalue weighted by Crippen LogP contribution is 2.30. The van der Waals surface area contributed by atoms with Crippen LogP contribution in [0.15, 0.2) is 16.8 Å². The van der Waals surface area contributed by atoms with Gasteiger partial charge in [-0.05, 0) is 25.3 Å². The van der Waals surface area contributed by atoms with Gasteiger partial charge in [0, 0.05) is 10.9 Å².